The van der Waals surface area contributed by atoms with Crippen molar-refractivity contribution in [3.05, 3.63) is 65.6 Å². The second-order valence-electron chi connectivity index (χ2n) is 9.05. The third-order valence-electron chi connectivity index (χ3n) is 6.83. The van der Waals surface area contributed by atoms with Crippen LogP contribution in [0.2, 0.25) is 0 Å². The number of nitrogens with zero attached hydrogens (tertiary/aromatic N) is 4. The molecule has 0 amide bonds. The number of ether oxygens (including phenoxy) is 3. The number of para-hydroxylation sites is 2. The molecule has 1 fully saturated rings. The van der Waals surface area contributed by atoms with Crippen molar-refractivity contribution in [1.29, 1.82) is 0 Å². The highest BCUT2D eigenvalue weighted by atomic mass is 16.7. The first-order chi connectivity index (χ1) is 17.5. The van der Waals surface area contributed by atoms with Crippen LogP contribution >= 0.6 is 0 Å². The largest absolute Gasteiger partial charge is 0.497 e. The van der Waals surface area contributed by atoms with Crippen molar-refractivity contribution >= 4 is 27.8 Å². The van der Waals surface area contributed by atoms with Crippen molar-refractivity contribution in [2.75, 3.05) is 13.7 Å². The Labute approximate surface area is 206 Å². The van der Waals surface area contributed by atoms with Gasteiger partial charge in [0.15, 0.2) is 0 Å². The lowest BCUT2D eigenvalue weighted by atomic mass is 9.98. The number of methoxy groups -OCH3 is 1. The first-order valence-corrected chi connectivity index (χ1v) is 11.7. The highest BCUT2D eigenvalue weighted by Crippen LogP contribution is 2.34. The van der Waals surface area contributed by atoms with Crippen molar-refractivity contribution in [2.24, 2.45) is 4.99 Å². The van der Waals surface area contributed by atoms with E-state index in [2.05, 4.69) is 4.99 Å². The number of hydrogen-bond acceptors (Lipinski definition) is 9. The summed E-state index contributed by atoms with van der Waals surface area (Å²) in [6.45, 7) is 1.96. The molecule has 10 heteroatoms. The summed E-state index contributed by atoms with van der Waals surface area (Å²) in [7, 11) is 1.62. The summed E-state index contributed by atoms with van der Waals surface area (Å²) in [4.78, 5) is 14.1. The van der Waals surface area contributed by atoms with Crippen LogP contribution < -0.4 is 4.74 Å². The molecule has 36 heavy (non-hydrogen) atoms. The van der Waals surface area contributed by atoms with Crippen molar-refractivity contribution in [2.45, 2.75) is 44.1 Å². The van der Waals surface area contributed by atoms with Gasteiger partial charge in [0.25, 0.3) is 0 Å². The molecule has 0 radical (unpaired) electrons. The van der Waals surface area contributed by atoms with Gasteiger partial charge in [-0.2, -0.15) is 0 Å². The lowest BCUT2D eigenvalue weighted by molar-refractivity contribution is -0.234. The molecule has 186 valence electrons. The van der Waals surface area contributed by atoms with Crippen LogP contribution in [0.5, 0.6) is 5.75 Å². The lowest BCUT2D eigenvalue weighted by Crippen LogP contribution is -2.56. The fourth-order valence-electron chi connectivity index (χ4n) is 4.85. The standard InChI is InChI=1S/C26H26N4O6/c1-13-19(28-18-6-4-3-5-17(18)27-13)11-30-10-16(15-8-7-14(34-2)9-20(15)30)25-29-22-24(33)23(32)21(12-31)35-26(22)36-25/h3-10,21-24,26,31-33H,11-12H2,1-2H3/t21-,22-,23-,24-,26-/m1/s1. The van der Waals surface area contributed by atoms with E-state index in [9.17, 15) is 15.3 Å². The number of aromatic nitrogens is 3. The van der Waals surface area contributed by atoms with Crippen LogP contribution in [0, 0.1) is 6.92 Å². The van der Waals surface area contributed by atoms with Gasteiger partial charge in [-0.3, -0.25) is 0 Å². The number of aliphatic imine (C=N–C) groups is 1. The molecule has 0 saturated carbocycles. The quantitative estimate of drug-likeness (QED) is 0.384. The van der Waals surface area contributed by atoms with Crippen molar-refractivity contribution < 1.29 is 29.5 Å². The molecule has 0 spiro atoms. The Hall–Kier alpha value is -3.57. The second kappa shape index (κ2) is 8.82. The lowest BCUT2D eigenvalue weighted by Gasteiger charge is -2.36. The van der Waals surface area contributed by atoms with Gasteiger partial charge in [-0.1, -0.05) is 12.1 Å². The highest BCUT2D eigenvalue weighted by molar-refractivity contribution is 6.08. The number of rotatable bonds is 5. The summed E-state index contributed by atoms with van der Waals surface area (Å²) < 4.78 is 19.1. The van der Waals surface area contributed by atoms with Gasteiger partial charge in [0, 0.05) is 17.6 Å². The maximum absolute atomic E-state index is 10.5. The summed E-state index contributed by atoms with van der Waals surface area (Å²) in [5.74, 6) is 0.996. The zero-order valence-electron chi connectivity index (χ0n) is 19.8. The minimum Gasteiger partial charge on any atom is -0.497 e. The third-order valence-corrected chi connectivity index (χ3v) is 6.83. The third kappa shape index (κ3) is 3.70. The van der Waals surface area contributed by atoms with Crippen molar-refractivity contribution in [1.82, 2.24) is 14.5 Å². The molecule has 5 atom stereocenters. The maximum Gasteiger partial charge on any atom is 0.227 e. The zero-order valence-corrected chi connectivity index (χ0v) is 19.8. The van der Waals surface area contributed by atoms with E-state index in [1.807, 2.05) is 60.2 Å². The molecule has 4 aromatic rings. The first kappa shape index (κ1) is 22.9. The maximum atomic E-state index is 10.5. The Morgan fingerprint density at radius 2 is 1.83 bits per heavy atom. The van der Waals surface area contributed by atoms with Crippen LogP contribution in [0.15, 0.2) is 53.7 Å². The van der Waals surface area contributed by atoms with Gasteiger partial charge in [0.2, 0.25) is 12.2 Å². The summed E-state index contributed by atoms with van der Waals surface area (Å²) in [5.41, 5.74) is 4.92. The monoisotopic (exact) mass is 490 g/mol. The first-order valence-electron chi connectivity index (χ1n) is 11.7. The zero-order chi connectivity index (χ0) is 25.0. The Morgan fingerprint density at radius 1 is 1.06 bits per heavy atom. The molecular formula is C26H26N4O6. The topological polar surface area (TPSA) is 131 Å². The normalized spacial score (nSPS) is 25.6. The van der Waals surface area contributed by atoms with Crippen molar-refractivity contribution in [3.63, 3.8) is 0 Å². The predicted octanol–water partition coefficient (Wildman–Crippen LogP) is 1.53. The minimum absolute atomic E-state index is 0.296. The van der Waals surface area contributed by atoms with E-state index >= 15 is 0 Å². The summed E-state index contributed by atoms with van der Waals surface area (Å²) in [5, 5.41) is 31.2. The van der Waals surface area contributed by atoms with E-state index in [4.69, 9.17) is 24.2 Å². The molecule has 2 aliphatic heterocycles. The van der Waals surface area contributed by atoms with Gasteiger partial charge in [-0.05, 0) is 31.2 Å². The summed E-state index contributed by atoms with van der Waals surface area (Å²) in [6.07, 6.45) is -2.41. The average Bonchev–Trinajstić information content (AvgIpc) is 3.48. The van der Waals surface area contributed by atoms with Gasteiger partial charge in [0.05, 0.1) is 53.8 Å². The molecular weight excluding hydrogens is 464 g/mol. The van der Waals surface area contributed by atoms with Crippen LogP contribution in [-0.4, -0.2) is 80.1 Å². The second-order valence-corrected chi connectivity index (χ2v) is 9.05. The Morgan fingerprint density at radius 3 is 2.58 bits per heavy atom. The molecule has 0 aliphatic carbocycles. The summed E-state index contributed by atoms with van der Waals surface area (Å²) >= 11 is 0. The molecule has 0 bridgehead atoms. The number of hydrogen-bond donors (Lipinski definition) is 3. The van der Waals surface area contributed by atoms with E-state index in [-0.39, 0.29) is 0 Å². The Kier molecular flexibility index (Phi) is 5.60. The minimum atomic E-state index is -1.26. The number of aliphatic hydroxyl groups is 3. The number of aryl methyl sites for hydroxylation is 1. The predicted molar refractivity (Wildman–Crippen MR) is 131 cm³/mol. The van der Waals surface area contributed by atoms with Gasteiger partial charge in [-0.25, -0.2) is 15.0 Å². The Bertz CT molecular complexity index is 1480. The van der Waals surface area contributed by atoms with E-state index in [0.29, 0.717) is 23.8 Å². The molecule has 1 saturated heterocycles. The van der Waals surface area contributed by atoms with E-state index in [1.54, 1.807) is 7.11 Å². The van der Waals surface area contributed by atoms with Gasteiger partial charge in [0.1, 0.15) is 30.1 Å². The molecule has 6 rings (SSSR count). The molecule has 2 aromatic carbocycles. The van der Waals surface area contributed by atoms with Crippen LogP contribution in [0.3, 0.4) is 0 Å². The summed E-state index contributed by atoms with van der Waals surface area (Å²) in [6, 6.07) is 12.7. The van der Waals surface area contributed by atoms with E-state index < -0.39 is 37.3 Å². The van der Waals surface area contributed by atoms with E-state index in [1.165, 1.54) is 0 Å². The van der Waals surface area contributed by atoms with Crippen LogP contribution in [-0.2, 0) is 16.0 Å². The van der Waals surface area contributed by atoms with Crippen molar-refractivity contribution in [3.8, 4) is 5.75 Å². The number of fused-ring (bicyclic) bond motifs is 3. The molecule has 3 N–H and O–H groups in total. The molecule has 4 heterocycles. The fraction of sp³-hybridized carbons (Fsp3) is 0.346. The Balaban J connectivity index is 1.42. The molecule has 10 nitrogen and oxygen atoms in total. The fourth-order valence-corrected chi connectivity index (χ4v) is 4.85. The molecule has 0 unspecified atom stereocenters. The highest BCUT2D eigenvalue weighted by Gasteiger charge is 2.49. The van der Waals surface area contributed by atoms with Gasteiger partial charge >= 0.3 is 0 Å². The average molecular weight is 491 g/mol. The van der Waals surface area contributed by atoms with Crippen LogP contribution in [0.4, 0.5) is 0 Å². The van der Waals surface area contributed by atoms with Gasteiger partial charge < -0.3 is 34.1 Å². The van der Waals surface area contributed by atoms with Crippen LogP contribution in [0.1, 0.15) is 17.0 Å². The van der Waals surface area contributed by atoms with E-state index in [0.717, 1.165) is 33.3 Å². The smallest absolute Gasteiger partial charge is 0.227 e. The van der Waals surface area contributed by atoms with Crippen LogP contribution in [0.25, 0.3) is 21.9 Å². The number of aliphatic hydroxyl groups excluding tert-OH is 3. The molecule has 2 aliphatic rings. The SMILES string of the molecule is COc1ccc2c(C3=N[C@H]4[C@@H](O3)O[C@H](CO)[C@@H](O)[C@@H]4O)cn(Cc3nc4ccccc4nc3C)c2c1. The molecule has 2 aromatic heterocycles. The van der Waals surface area contributed by atoms with Gasteiger partial charge in [-0.15, -0.1) is 0 Å². The number of benzene rings is 2.